The molecule has 0 unspecified atom stereocenters. The van der Waals surface area contributed by atoms with Gasteiger partial charge in [-0.2, -0.15) is 0 Å². The van der Waals surface area contributed by atoms with Gasteiger partial charge in [-0.3, -0.25) is 14.5 Å². The molecule has 0 aromatic heterocycles. The van der Waals surface area contributed by atoms with Crippen molar-refractivity contribution >= 4 is 28.9 Å². The molecule has 0 fully saturated rings. The molecule has 0 spiro atoms. The van der Waals surface area contributed by atoms with E-state index < -0.39 is 0 Å². The normalized spacial score (nSPS) is 13.3. The molecule has 112 valence electrons. The van der Waals surface area contributed by atoms with Crippen LogP contribution in [-0.4, -0.2) is 24.9 Å². The van der Waals surface area contributed by atoms with Crippen LogP contribution in [0.25, 0.3) is 0 Å². The lowest BCUT2D eigenvalue weighted by atomic mass is 10.2. The standard InChI is InChI=1S/C17H17N3O2/c1-12-5-4-6-13(9-12)18-10-17(22)20-11-16(21)19-14-7-2-3-8-15(14)20/h2-9,18H,10-11H2,1H3,(H,19,21). The molecule has 0 atom stereocenters. The molecule has 22 heavy (non-hydrogen) atoms. The van der Waals surface area contributed by atoms with Crippen molar-refractivity contribution in [1.82, 2.24) is 0 Å². The first-order chi connectivity index (χ1) is 10.6. The van der Waals surface area contributed by atoms with Gasteiger partial charge in [0, 0.05) is 5.69 Å². The lowest BCUT2D eigenvalue weighted by Gasteiger charge is -2.29. The third-order valence-corrected chi connectivity index (χ3v) is 3.53. The molecule has 2 aromatic carbocycles. The second-order valence-corrected chi connectivity index (χ2v) is 5.27. The van der Waals surface area contributed by atoms with E-state index in [-0.39, 0.29) is 24.9 Å². The average molecular weight is 295 g/mol. The van der Waals surface area contributed by atoms with Crippen molar-refractivity contribution in [1.29, 1.82) is 0 Å². The Kier molecular flexibility index (Phi) is 3.78. The number of nitrogens with one attached hydrogen (secondary N) is 2. The van der Waals surface area contributed by atoms with Gasteiger partial charge in [0.05, 0.1) is 17.9 Å². The van der Waals surface area contributed by atoms with Crippen molar-refractivity contribution in [2.45, 2.75) is 6.92 Å². The van der Waals surface area contributed by atoms with Crippen molar-refractivity contribution in [3.63, 3.8) is 0 Å². The summed E-state index contributed by atoms with van der Waals surface area (Å²) in [5, 5.41) is 5.88. The number of hydrogen-bond acceptors (Lipinski definition) is 3. The molecule has 0 aliphatic carbocycles. The zero-order chi connectivity index (χ0) is 15.5. The summed E-state index contributed by atoms with van der Waals surface area (Å²) < 4.78 is 0. The van der Waals surface area contributed by atoms with Crippen LogP contribution in [0.2, 0.25) is 0 Å². The fourth-order valence-electron chi connectivity index (χ4n) is 2.48. The quantitative estimate of drug-likeness (QED) is 0.914. The van der Waals surface area contributed by atoms with Crippen LogP contribution in [0, 0.1) is 6.92 Å². The first-order valence-electron chi connectivity index (χ1n) is 7.13. The Labute approximate surface area is 128 Å². The fraction of sp³-hybridized carbons (Fsp3) is 0.176. The van der Waals surface area contributed by atoms with Crippen molar-refractivity contribution in [3.05, 3.63) is 54.1 Å². The van der Waals surface area contributed by atoms with Gasteiger partial charge in [0.25, 0.3) is 0 Å². The van der Waals surface area contributed by atoms with Crippen LogP contribution in [0.1, 0.15) is 5.56 Å². The van der Waals surface area contributed by atoms with Gasteiger partial charge in [-0.15, -0.1) is 0 Å². The summed E-state index contributed by atoms with van der Waals surface area (Å²) >= 11 is 0. The van der Waals surface area contributed by atoms with Crippen LogP contribution in [0.4, 0.5) is 17.1 Å². The van der Waals surface area contributed by atoms with Crippen LogP contribution in [0.3, 0.4) is 0 Å². The van der Waals surface area contributed by atoms with Crippen LogP contribution in [0.5, 0.6) is 0 Å². The van der Waals surface area contributed by atoms with E-state index in [1.165, 1.54) is 4.90 Å². The number of rotatable bonds is 3. The van der Waals surface area contributed by atoms with Crippen molar-refractivity contribution in [3.8, 4) is 0 Å². The molecule has 3 rings (SSSR count). The highest BCUT2D eigenvalue weighted by Gasteiger charge is 2.26. The van der Waals surface area contributed by atoms with E-state index in [9.17, 15) is 9.59 Å². The largest absolute Gasteiger partial charge is 0.376 e. The first-order valence-corrected chi connectivity index (χ1v) is 7.13. The number of carbonyl (C=O) groups is 2. The van der Waals surface area contributed by atoms with Gasteiger partial charge in [0.15, 0.2) is 0 Å². The van der Waals surface area contributed by atoms with Crippen LogP contribution < -0.4 is 15.5 Å². The number of anilines is 3. The molecule has 0 radical (unpaired) electrons. The number of amides is 2. The number of aryl methyl sites for hydroxylation is 1. The number of benzene rings is 2. The van der Waals surface area contributed by atoms with E-state index in [0.717, 1.165) is 16.9 Å². The first kappa shape index (κ1) is 14.1. The minimum atomic E-state index is -0.178. The predicted octanol–water partition coefficient (Wildman–Crippen LogP) is 2.39. The minimum absolute atomic E-state index is 0.0470. The van der Waals surface area contributed by atoms with Gasteiger partial charge < -0.3 is 10.6 Å². The third-order valence-electron chi connectivity index (χ3n) is 3.53. The molecule has 2 aromatic rings. The van der Waals surface area contributed by atoms with Crippen LogP contribution in [-0.2, 0) is 9.59 Å². The van der Waals surface area contributed by atoms with Gasteiger partial charge in [0.2, 0.25) is 11.8 Å². The summed E-state index contributed by atoms with van der Waals surface area (Å²) in [6.45, 7) is 2.19. The smallest absolute Gasteiger partial charge is 0.246 e. The summed E-state index contributed by atoms with van der Waals surface area (Å²) in [6.07, 6.45) is 0. The highest BCUT2D eigenvalue weighted by atomic mass is 16.2. The molecule has 1 heterocycles. The highest BCUT2D eigenvalue weighted by Crippen LogP contribution is 2.28. The van der Waals surface area contributed by atoms with E-state index >= 15 is 0 Å². The molecule has 5 nitrogen and oxygen atoms in total. The Hall–Kier alpha value is -2.82. The Bertz CT molecular complexity index is 727. The molecule has 0 saturated heterocycles. The number of hydrogen-bond donors (Lipinski definition) is 2. The van der Waals surface area contributed by atoms with E-state index in [2.05, 4.69) is 10.6 Å². The van der Waals surface area contributed by atoms with Gasteiger partial charge >= 0.3 is 0 Å². The zero-order valence-corrected chi connectivity index (χ0v) is 12.3. The zero-order valence-electron chi connectivity index (χ0n) is 12.3. The Morgan fingerprint density at radius 1 is 1.23 bits per heavy atom. The summed E-state index contributed by atoms with van der Waals surface area (Å²) in [6, 6.07) is 15.1. The SMILES string of the molecule is Cc1cccc(NCC(=O)N2CC(=O)Nc3ccccc32)c1. The predicted molar refractivity (Wildman–Crippen MR) is 87.1 cm³/mol. The molecular formula is C17H17N3O2. The molecule has 0 saturated carbocycles. The molecule has 1 aliphatic rings. The fourth-order valence-corrected chi connectivity index (χ4v) is 2.48. The average Bonchev–Trinajstić information content (AvgIpc) is 2.52. The lowest BCUT2D eigenvalue weighted by molar-refractivity contribution is -0.120. The third kappa shape index (κ3) is 2.93. The molecule has 5 heteroatoms. The van der Waals surface area contributed by atoms with Gasteiger partial charge in [0.1, 0.15) is 6.54 Å². The highest BCUT2D eigenvalue weighted by molar-refractivity contribution is 6.10. The molecule has 1 aliphatic heterocycles. The van der Waals surface area contributed by atoms with Gasteiger partial charge in [-0.05, 0) is 36.8 Å². The molecule has 0 bridgehead atoms. The van der Waals surface area contributed by atoms with Gasteiger partial charge in [-0.1, -0.05) is 24.3 Å². The lowest BCUT2D eigenvalue weighted by Crippen LogP contribution is -2.44. The van der Waals surface area contributed by atoms with Crippen molar-refractivity contribution in [2.75, 3.05) is 28.6 Å². The summed E-state index contributed by atoms with van der Waals surface area (Å²) in [5.74, 6) is -0.314. The summed E-state index contributed by atoms with van der Waals surface area (Å²) in [7, 11) is 0. The maximum absolute atomic E-state index is 12.4. The van der Waals surface area contributed by atoms with E-state index in [1.807, 2.05) is 49.4 Å². The van der Waals surface area contributed by atoms with Crippen LogP contribution >= 0.6 is 0 Å². The van der Waals surface area contributed by atoms with E-state index in [4.69, 9.17) is 0 Å². The maximum Gasteiger partial charge on any atom is 0.246 e. The summed E-state index contributed by atoms with van der Waals surface area (Å²) in [5.41, 5.74) is 3.42. The van der Waals surface area contributed by atoms with E-state index in [0.29, 0.717) is 5.69 Å². The number of fused-ring (bicyclic) bond motifs is 1. The molecule has 2 N–H and O–H groups in total. The number of nitrogens with zero attached hydrogens (tertiary/aromatic N) is 1. The molecule has 2 amide bonds. The Morgan fingerprint density at radius 2 is 2.05 bits per heavy atom. The number of para-hydroxylation sites is 2. The number of carbonyl (C=O) groups excluding carboxylic acids is 2. The van der Waals surface area contributed by atoms with Crippen molar-refractivity contribution < 1.29 is 9.59 Å². The monoisotopic (exact) mass is 295 g/mol. The maximum atomic E-state index is 12.4. The molecular weight excluding hydrogens is 278 g/mol. The second-order valence-electron chi connectivity index (χ2n) is 5.27. The minimum Gasteiger partial charge on any atom is -0.376 e. The van der Waals surface area contributed by atoms with Crippen molar-refractivity contribution in [2.24, 2.45) is 0 Å². The van der Waals surface area contributed by atoms with E-state index in [1.54, 1.807) is 6.07 Å². The second kappa shape index (κ2) is 5.89. The Balaban J connectivity index is 1.74. The van der Waals surface area contributed by atoms with Gasteiger partial charge in [-0.25, -0.2) is 0 Å². The van der Waals surface area contributed by atoms with Crippen LogP contribution in [0.15, 0.2) is 48.5 Å². The topological polar surface area (TPSA) is 61.4 Å². The summed E-state index contributed by atoms with van der Waals surface area (Å²) in [4.78, 5) is 25.7. The Morgan fingerprint density at radius 3 is 2.86 bits per heavy atom.